The summed E-state index contributed by atoms with van der Waals surface area (Å²) in [6, 6.07) is -0.645. The van der Waals surface area contributed by atoms with Gasteiger partial charge in [0.25, 0.3) is 0 Å². The molecule has 4 aliphatic rings. The molecule has 43 heavy (non-hydrogen) atoms. The molecule has 7 atom stereocenters. The van der Waals surface area contributed by atoms with Gasteiger partial charge in [-0.05, 0) is 75.9 Å². The molecule has 1 aromatic rings. The second-order valence-electron chi connectivity index (χ2n) is 12.3. The maximum atomic E-state index is 14.7. The number of carbonyl (C=O) groups excluding carboxylic acids is 5. The highest BCUT2D eigenvalue weighted by molar-refractivity contribution is 6.32. The van der Waals surface area contributed by atoms with Crippen LogP contribution in [0.5, 0.6) is 5.75 Å². The number of nitrogens with zero attached hydrogens (tertiary/aromatic N) is 2. The average molecular weight is 610 g/mol. The summed E-state index contributed by atoms with van der Waals surface area (Å²) >= 11 is 0. The van der Waals surface area contributed by atoms with Gasteiger partial charge >= 0.3 is 6.18 Å². The number of Topliss-reactive ketones (excluding diaryl/α,β-unsaturated/α-hetero) is 4. The number of likely N-dealkylation sites (tertiary alicyclic amines) is 1. The highest BCUT2D eigenvalue weighted by atomic mass is 19.4. The third-order valence-corrected chi connectivity index (χ3v) is 9.76. The van der Waals surface area contributed by atoms with Gasteiger partial charge in [0.1, 0.15) is 5.75 Å². The standard InChI is InChI=1S/C29H34F3N3O8/c1-34(2)22-16-9-12-8-15-19(23(38)18(12)25(40)28(16,43)26(41)20(24(22)39)27(33)42)17(37)10-13(21(15)29(30,31)32)11-35-6-3-4-14(35)5-7-36/h10,12,14,16,18,20,22,36-37,43H,3-9,11H2,1-2H3,(H2,33,42)/t12-,14-,16-,18?,20?,22-,28-/m0/s1. The van der Waals surface area contributed by atoms with Crippen molar-refractivity contribution in [2.75, 3.05) is 27.2 Å². The van der Waals surface area contributed by atoms with Crippen molar-refractivity contribution >= 4 is 29.0 Å². The summed E-state index contributed by atoms with van der Waals surface area (Å²) in [5.74, 6) is -13.5. The maximum absolute atomic E-state index is 14.7. The molecule has 11 nitrogen and oxygen atoms in total. The molecule has 2 unspecified atom stereocenters. The number of carbonyl (C=O) groups is 5. The Kier molecular flexibility index (Phi) is 7.81. The number of phenolic OH excluding ortho intramolecular Hbond substituents is 1. The quantitative estimate of drug-likeness (QED) is 0.327. The number of ketones is 4. The maximum Gasteiger partial charge on any atom is 0.417 e. The monoisotopic (exact) mass is 609 g/mol. The highest BCUT2D eigenvalue weighted by Crippen LogP contribution is 2.53. The molecule has 1 aromatic carbocycles. The Morgan fingerprint density at radius 1 is 1.19 bits per heavy atom. The number of hydrogen-bond donors (Lipinski definition) is 4. The predicted molar refractivity (Wildman–Crippen MR) is 141 cm³/mol. The molecule has 2 saturated carbocycles. The number of likely N-dealkylation sites (N-methyl/N-ethyl adjacent to an activating group) is 1. The third-order valence-electron chi connectivity index (χ3n) is 9.76. The van der Waals surface area contributed by atoms with Crippen LogP contribution in [-0.4, -0.2) is 99.1 Å². The predicted octanol–water partition coefficient (Wildman–Crippen LogP) is 0.233. The van der Waals surface area contributed by atoms with Crippen LogP contribution in [-0.2, 0) is 38.3 Å². The Labute approximate surface area is 244 Å². The zero-order valence-corrected chi connectivity index (χ0v) is 23.7. The second-order valence-corrected chi connectivity index (χ2v) is 12.3. The Morgan fingerprint density at radius 3 is 2.44 bits per heavy atom. The largest absolute Gasteiger partial charge is 0.507 e. The number of aromatic hydroxyl groups is 1. The van der Waals surface area contributed by atoms with E-state index in [9.17, 15) is 52.5 Å². The van der Waals surface area contributed by atoms with E-state index in [0.29, 0.717) is 19.4 Å². The van der Waals surface area contributed by atoms with E-state index in [4.69, 9.17) is 5.73 Å². The fourth-order valence-electron chi connectivity index (χ4n) is 8.02. The van der Waals surface area contributed by atoms with Gasteiger partial charge in [-0.15, -0.1) is 0 Å². The molecule has 0 bridgehead atoms. The van der Waals surface area contributed by atoms with Crippen molar-refractivity contribution in [2.45, 2.75) is 62.5 Å². The number of nitrogens with two attached hydrogens (primary N) is 1. The van der Waals surface area contributed by atoms with Gasteiger partial charge in [0.15, 0.2) is 34.7 Å². The van der Waals surface area contributed by atoms with Crippen LogP contribution in [0.1, 0.15) is 52.7 Å². The van der Waals surface area contributed by atoms with Crippen molar-refractivity contribution in [3.63, 3.8) is 0 Å². The van der Waals surface area contributed by atoms with E-state index in [2.05, 4.69) is 0 Å². The molecule has 1 amide bonds. The minimum Gasteiger partial charge on any atom is -0.507 e. The van der Waals surface area contributed by atoms with E-state index in [1.807, 2.05) is 0 Å². The summed E-state index contributed by atoms with van der Waals surface area (Å²) in [5.41, 5.74) is -0.193. The van der Waals surface area contributed by atoms with E-state index in [0.717, 1.165) is 12.5 Å². The van der Waals surface area contributed by atoms with E-state index in [1.54, 1.807) is 4.90 Å². The van der Waals surface area contributed by atoms with Crippen LogP contribution >= 0.6 is 0 Å². The normalized spacial score (nSPS) is 33.0. The Hall–Kier alpha value is -3.20. The molecule has 3 aliphatic carbocycles. The first-order valence-corrected chi connectivity index (χ1v) is 14.2. The van der Waals surface area contributed by atoms with E-state index in [-0.39, 0.29) is 31.2 Å². The highest BCUT2D eigenvalue weighted by Gasteiger charge is 2.69. The van der Waals surface area contributed by atoms with E-state index in [1.165, 1.54) is 19.0 Å². The van der Waals surface area contributed by atoms with Crippen LogP contribution in [0.2, 0.25) is 0 Å². The lowest BCUT2D eigenvalue weighted by Crippen LogP contribution is -2.74. The fraction of sp³-hybridized carbons (Fsp3) is 0.621. The first-order valence-electron chi connectivity index (χ1n) is 14.2. The second kappa shape index (κ2) is 10.8. The van der Waals surface area contributed by atoms with Gasteiger partial charge in [0.05, 0.1) is 23.1 Å². The zero-order valence-electron chi connectivity index (χ0n) is 23.7. The number of aliphatic hydroxyl groups is 2. The number of hydrogen-bond acceptors (Lipinski definition) is 10. The van der Waals surface area contributed by atoms with E-state index < -0.39 is 99.4 Å². The molecule has 0 spiro atoms. The van der Waals surface area contributed by atoms with Crippen LogP contribution in [0.15, 0.2) is 6.07 Å². The number of rotatable bonds is 6. The van der Waals surface area contributed by atoms with Crippen LogP contribution < -0.4 is 5.73 Å². The summed E-state index contributed by atoms with van der Waals surface area (Å²) in [7, 11) is 2.84. The van der Waals surface area contributed by atoms with Crippen LogP contribution in [0.4, 0.5) is 13.2 Å². The zero-order chi connectivity index (χ0) is 31.8. The minimum absolute atomic E-state index is 0.138. The molecular weight excluding hydrogens is 575 g/mol. The van der Waals surface area contributed by atoms with Gasteiger partial charge in [-0.1, -0.05) is 0 Å². The SMILES string of the molecule is CN(C)[C@@H]1C(=O)C(C(N)=O)C(=O)[C@@]2(O)C(=O)C3C(=O)c4c(O)cc(CN5CCC[C@H]5CCO)c(C(F)(F)F)c4C[C@H]3C[C@@H]12. The van der Waals surface area contributed by atoms with Gasteiger partial charge in [0, 0.05) is 25.1 Å². The molecular formula is C29H34F3N3O8. The molecule has 1 aliphatic heterocycles. The number of halogens is 3. The van der Waals surface area contributed by atoms with Gasteiger partial charge in [-0.3, -0.25) is 33.8 Å². The van der Waals surface area contributed by atoms with Crippen molar-refractivity contribution in [2.24, 2.45) is 29.4 Å². The smallest absolute Gasteiger partial charge is 0.417 e. The van der Waals surface area contributed by atoms with Gasteiger partial charge in [0.2, 0.25) is 5.91 Å². The number of aliphatic hydroxyl groups excluding tert-OH is 1. The lowest BCUT2D eigenvalue weighted by atomic mass is 9.52. The Balaban J connectivity index is 1.62. The van der Waals surface area contributed by atoms with E-state index >= 15 is 0 Å². The number of fused-ring (bicyclic) bond motifs is 3. The minimum atomic E-state index is -4.94. The van der Waals surface area contributed by atoms with Gasteiger partial charge < -0.3 is 21.1 Å². The van der Waals surface area contributed by atoms with Crippen molar-refractivity contribution < 1.29 is 52.5 Å². The van der Waals surface area contributed by atoms with Crippen LogP contribution in [0, 0.1) is 23.7 Å². The molecule has 14 heteroatoms. The average Bonchev–Trinajstić information content (AvgIpc) is 3.31. The number of benzene rings is 1. The molecule has 234 valence electrons. The lowest BCUT2D eigenvalue weighted by molar-refractivity contribution is -0.181. The third kappa shape index (κ3) is 4.69. The Morgan fingerprint density at radius 2 is 1.86 bits per heavy atom. The first kappa shape index (κ1) is 31.2. The summed E-state index contributed by atoms with van der Waals surface area (Å²) in [6.45, 7) is 0.156. The fourth-order valence-corrected chi connectivity index (χ4v) is 8.02. The van der Waals surface area contributed by atoms with Crippen molar-refractivity contribution in [3.8, 4) is 5.75 Å². The molecule has 5 N–H and O–H groups in total. The van der Waals surface area contributed by atoms with Crippen molar-refractivity contribution in [1.29, 1.82) is 0 Å². The molecule has 5 rings (SSSR count). The first-order chi connectivity index (χ1) is 20.0. The molecule has 3 fully saturated rings. The molecule has 0 radical (unpaired) electrons. The molecule has 1 heterocycles. The number of amides is 1. The topological polar surface area (TPSA) is 179 Å². The summed E-state index contributed by atoms with van der Waals surface area (Å²) in [5, 5.41) is 31.9. The Bertz CT molecular complexity index is 1410. The summed E-state index contributed by atoms with van der Waals surface area (Å²) in [6.07, 6.45) is -4.00. The number of primary amides is 1. The summed E-state index contributed by atoms with van der Waals surface area (Å²) in [4.78, 5) is 69.4. The van der Waals surface area contributed by atoms with Gasteiger partial charge in [-0.2, -0.15) is 13.2 Å². The number of alkyl halides is 3. The van der Waals surface area contributed by atoms with Crippen molar-refractivity contribution in [3.05, 3.63) is 28.3 Å². The molecule has 0 aromatic heterocycles. The van der Waals surface area contributed by atoms with Gasteiger partial charge in [-0.25, -0.2) is 0 Å². The van der Waals surface area contributed by atoms with Crippen LogP contribution in [0.25, 0.3) is 0 Å². The number of phenols is 1. The lowest BCUT2D eigenvalue weighted by Gasteiger charge is -2.52. The molecule has 1 saturated heterocycles. The van der Waals surface area contributed by atoms with Crippen LogP contribution in [0.3, 0.4) is 0 Å². The summed E-state index contributed by atoms with van der Waals surface area (Å²) < 4.78 is 44.2. The van der Waals surface area contributed by atoms with Crippen molar-refractivity contribution in [1.82, 2.24) is 9.80 Å².